The molecule has 0 aromatic rings. The predicted molar refractivity (Wildman–Crippen MR) is 110 cm³/mol. The third-order valence-electron chi connectivity index (χ3n) is 4.68. The van der Waals surface area contributed by atoms with Crippen molar-refractivity contribution in [2.45, 2.75) is 84.3 Å². The maximum absolute atomic E-state index is 10.8. The number of hydrogen-bond acceptors (Lipinski definition) is 5. The van der Waals surface area contributed by atoms with Crippen LogP contribution in [0.1, 0.15) is 78.6 Å². The van der Waals surface area contributed by atoms with Crippen LogP contribution < -0.4 is 0 Å². The van der Waals surface area contributed by atoms with Crippen LogP contribution in [0.4, 0.5) is 0 Å². The number of quaternary nitrogens is 1. The molecule has 0 aliphatic carbocycles. The first-order valence-corrected chi connectivity index (χ1v) is 12.1. The van der Waals surface area contributed by atoms with Gasteiger partial charge in [0, 0.05) is 12.2 Å². The highest BCUT2D eigenvalue weighted by atomic mass is 32.2. The molecule has 0 N–H and O–H groups in total. The minimum absolute atomic E-state index is 0.318. The van der Waals surface area contributed by atoms with Gasteiger partial charge in [-0.2, -0.15) is 0 Å². The van der Waals surface area contributed by atoms with Crippen LogP contribution >= 0.6 is 0 Å². The Morgan fingerprint density at radius 1 is 0.852 bits per heavy atom. The van der Waals surface area contributed by atoms with Crippen LogP contribution in [0.25, 0.3) is 0 Å². The van der Waals surface area contributed by atoms with E-state index in [0.29, 0.717) is 37.2 Å². The molecule has 0 saturated carbocycles. The predicted octanol–water partition coefficient (Wildman–Crippen LogP) is 3.91. The highest BCUT2D eigenvalue weighted by Crippen LogP contribution is 2.20. The zero-order chi connectivity index (χ0) is 20.8. The van der Waals surface area contributed by atoms with Gasteiger partial charge in [0.05, 0.1) is 44.0 Å². The van der Waals surface area contributed by atoms with E-state index in [0.717, 1.165) is 25.7 Å². The van der Waals surface area contributed by atoms with E-state index in [1.54, 1.807) is 0 Å². The molecule has 164 valence electrons. The van der Waals surface area contributed by atoms with Crippen molar-refractivity contribution in [3.63, 3.8) is 0 Å². The average molecular weight is 410 g/mol. The topological polar surface area (TPSA) is 75.7 Å². The van der Waals surface area contributed by atoms with Crippen LogP contribution in [0.5, 0.6) is 0 Å². The number of unbranched alkanes of at least 4 members (excludes halogenated alkanes) is 6. The second-order valence-corrected chi connectivity index (χ2v) is 9.91. The van der Waals surface area contributed by atoms with Crippen LogP contribution in [0.3, 0.4) is 0 Å². The Balaban J connectivity index is 4.62. The molecule has 0 aromatic heterocycles. The number of hydrogen-bond donors (Lipinski definition) is 0. The number of nitrogens with zero attached hydrogens (tertiary/aromatic N) is 1. The van der Waals surface area contributed by atoms with Crippen molar-refractivity contribution in [2.75, 3.05) is 46.2 Å². The quantitative estimate of drug-likeness (QED) is 0.148. The Morgan fingerprint density at radius 2 is 1.33 bits per heavy atom. The maximum Gasteiger partial charge on any atom is 0.215 e. The smallest absolute Gasteiger partial charge is 0.215 e. The first-order valence-electron chi connectivity index (χ1n) is 10.6. The summed E-state index contributed by atoms with van der Waals surface area (Å²) in [5.74, 6) is -1.01. The summed E-state index contributed by atoms with van der Waals surface area (Å²) < 4.78 is 45.4. The fourth-order valence-electron chi connectivity index (χ4n) is 3.29. The normalized spacial score (nSPS) is 13.3. The van der Waals surface area contributed by atoms with Crippen molar-refractivity contribution in [3.8, 4) is 0 Å². The summed E-state index contributed by atoms with van der Waals surface area (Å²) in [5.41, 5.74) is 0. The van der Waals surface area contributed by atoms with E-state index >= 15 is 0 Å². The van der Waals surface area contributed by atoms with Gasteiger partial charge in [-0.15, -0.1) is 0 Å². The molecule has 0 saturated heterocycles. The molecule has 0 spiro atoms. The third-order valence-corrected chi connectivity index (χ3v) is 5.47. The summed E-state index contributed by atoms with van der Waals surface area (Å²) in [6, 6.07) is 0. The lowest BCUT2D eigenvalue weighted by atomic mass is 10.2. The Labute approximate surface area is 167 Å². The SMILES string of the molecule is CCCCCCOC(C)(C[N+](C)(C)CCCS(=O)(=O)[O-])OCCCCCC. The van der Waals surface area contributed by atoms with Gasteiger partial charge in [0.15, 0.2) is 0 Å². The van der Waals surface area contributed by atoms with Crippen LogP contribution in [-0.2, 0) is 19.6 Å². The number of likely N-dealkylation sites (N-methyl/N-ethyl adjacent to an activating group) is 1. The van der Waals surface area contributed by atoms with Gasteiger partial charge in [0.25, 0.3) is 0 Å². The Kier molecular flexibility index (Phi) is 13.8. The van der Waals surface area contributed by atoms with E-state index < -0.39 is 15.9 Å². The molecule has 0 aliphatic rings. The van der Waals surface area contributed by atoms with Gasteiger partial charge >= 0.3 is 0 Å². The summed E-state index contributed by atoms with van der Waals surface area (Å²) in [4.78, 5) is 0. The zero-order valence-electron chi connectivity index (χ0n) is 18.3. The Bertz CT molecular complexity index is 451. The summed E-state index contributed by atoms with van der Waals surface area (Å²) in [6.07, 6.45) is 9.50. The molecule has 0 aliphatic heterocycles. The Morgan fingerprint density at radius 3 is 1.74 bits per heavy atom. The molecule has 0 bridgehead atoms. The summed E-state index contributed by atoms with van der Waals surface area (Å²) in [7, 11) is -0.110. The lowest BCUT2D eigenvalue weighted by Gasteiger charge is -2.39. The first-order chi connectivity index (χ1) is 12.5. The molecule has 0 aromatic carbocycles. The second kappa shape index (κ2) is 13.9. The lowest BCUT2D eigenvalue weighted by Crippen LogP contribution is -2.53. The molecule has 0 unspecified atom stereocenters. The van der Waals surface area contributed by atoms with Gasteiger partial charge in [0.1, 0.15) is 6.54 Å². The summed E-state index contributed by atoms with van der Waals surface area (Å²) in [5, 5.41) is 0. The van der Waals surface area contributed by atoms with Gasteiger partial charge < -0.3 is 18.5 Å². The highest BCUT2D eigenvalue weighted by molar-refractivity contribution is 7.85. The molecular formula is C20H43NO5S. The van der Waals surface area contributed by atoms with Crippen LogP contribution in [0.15, 0.2) is 0 Å². The fraction of sp³-hybridized carbons (Fsp3) is 1.00. The van der Waals surface area contributed by atoms with E-state index in [-0.39, 0.29) is 5.75 Å². The van der Waals surface area contributed by atoms with Crippen LogP contribution in [0.2, 0.25) is 0 Å². The van der Waals surface area contributed by atoms with E-state index in [1.165, 1.54) is 25.7 Å². The average Bonchev–Trinajstić information content (AvgIpc) is 2.52. The van der Waals surface area contributed by atoms with Crippen molar-refractivity contribution < 1.29 is 26.9 Å². The third kappa shape index (κ3) is 16.4. The largest absolute Gasteiger partial charge is 0.748 e. The van der Waals surface area contributed by atoms with Crippen molar-refractivity contribution in [1.29, 1.82) is 0 Å². The van der Waals surface area contributed by atoms with E-state index in [2.05, 4.69) is 13.8 Å². The summed E-state index contributed by atoms with van der Waals surface area (Å²) >= 11 is 0. The van der Waals surface area contributed by atoms with Crippen molar-refractivity contribution in [3.05, 3.63) is 0 Å². The van der Waals surface area contributed by atoms with Gasteiger partial charge in [-0.3, -0.25) is 0 Å². The fourth-order valence-corrected chi connectivity index (χ4v) is 3.78. The van der Waals surface area contributed by atoms with Crippen LogP contribution in [0, 0.1) is 0 Å². The molecule has 0 radical (unpaired) electrons. The monoisotopic (exact) mass is 409 g/mol. The molecule has 0 fully saturated rings. The minimum Gasteiger partial charge on any atom is -0.748 e. The lowest BCUT2D eigenvalue weighted by molar-refractivity contribution is -0.900. The molecule has 0 rings (SSSR count). The molecule has 0 atom stereocenters. The van der Waals surface area contributed by atoms with Crippen molar-refractivity contribution >= 4 is 10.1 Å². The molecule has 0 heterocycles. The standard InChI is InChI=1S/C20H43NO5S/c1-6-8-10-12-16-25-20(3,26-17-13-11-9-7-2)19-21(4,5)15-14-18-27(22,23)24/h6-19H2,1-5H3. The van der Waals surface area contributed by atoms with Crippen molar-refractivity contribution in [2.24, 2.45) is 0 Å². The zero-order valence-corrected chi connectivity index (χ0v) is 19.1. The van der Waals surface area contributed by atoms with E-state index in [1.807, 2.05) is 21.0 Å². The maximum atomic E-state index is 10.8. The number of rotatable bonds is 18. The van der Waals surface area contributed by atoms with E-state index in [4.69, 9.17) is 9.47 Å². The molecule has 7 heteroatoms. The van der Waals surface area contributed by atoms with Gasteiger partial charge in [0.2, 0.25) is 5.79 Å². The Hall–Kier alpha value is -0.210. The highest BCUT2D eigenvalue weighted by Gasteiger charge is 2.34. The molecule has 6 nitrogen and oxygen atoms in total. The van der Waals surface area contributed by atoms with Gasteiger partial charge in [-0.1, -0.05) is 52.4 Å². The minimum atomic E-state index is -4.16. The molecule has 27 heavy (non-hydrogen) atoms. The summed E-state index contributed by atoms with van der Waals surface area (Å²) in [6.45, 7) is 8.90. The van der Waals surface area contributed by atoms with Gasteiger partial charge in [-0.05, 0) is 19.8 Å². The second-order valence-electron chi connectivity index (χ2n) is 8.38. The molecular weight excluding hydrogens is 366 g/mol. The van der Waals surface area contributed by atoms with Crippen LogP contribution in [-0.4, -0.2) is 69.4 Å². The van der Waals surface area contributed by atoms with Gasteiger partial charge in [-0.25, -0.2) is 8.42 Å². The van der Waals surface area contributed by atoms with Crippen molar-refractivity contribution in [1.82, 2.24) is 0 Å². The molecule has 0 amide bonds. The first kappa shape index (κ1) is 26.8. The number of ether oxygens (including phenoxy) is 2. The van der Waals surface area contributed by atoms with E-state index in [9.17, 15) is 13.0 Å².